The van der Waals surface area contributed by atoms with E-state index in [0.717, 1.165) is 23.6 Å². The number of carbonyl (C=O) groups is 1. The fourth-order valence-corrected chi connectivity index (χ4v) is 2.66. The number of nitrogens with zero attached hydrogens (tertiary/aromatic N) is 3. The average Bonchev–Trinajstić information content (AvgIpc) is 3.36. The molecule has 1 aliphatic rings. The van der Waals surface area contributed by atoms with Gasteiger partial charge in [-0.2, -0.15) is 17.9 Å². The fourth-order valence-electron chi connectivity index (χ4n) is 2.66. The second kappa shape index (κ2) is 6.71. The van der Waals surface area contributed by atoms with Crippen LogP contribution in [0.15, 0.2) is 16.9 Å². The van der Waals surface area contributed by atoms with Crippen LogP contribution in [-0.2, 0) is 6.54 Å². The van der Waals surface area contributed by atoms with Gasteiger partial charge in [-0.15, -0.1) is 5.10 Å². The number of aromatic carboxylic acids is 1. The lowest BCUT2D eigenvalue weighted by atomic mass is 10.1. The maximum atomic E-state index is 14.4. The minimum atomic E-state index is -4.72. The molecule has 0 bridgehead atoms. The average molecular weight is 389 g/mol. The predicted molar refractivity (Wildman–Crippen MR) is 83.9 cm³/mol. The monoisotopic (exact) mass is 389 g/mol. The molecular weight excluding hydrogens is 374 g/mol. The van der Waals surface area contributed by atoms with Crippen molar-refractivity contribution in [3.05, 3.63) is 39.8 Å². The Morgan fingerprint density at radius 1 is 1.37 bits per heavy atom. The predicted octanol–water partition coefficient (Wildman–Crippen LogP) is 2.71. The minimum absolute atomic E-state index is 0.0706. The van der Waals surface area contributed by atoms with Crippen molar-refractivity contribution in [2.75, 3.05) is 6.61 Å². The third-order valence-corrected chi connectivity index (χ3v) is 4.05. The largest absolute Gasteiger partial charge is 0.483 e. The first-order valence-corrected chi connectivity index (χ1v) is 8.09. The quantitative estimate of drug-likeness (QED) is 0.768. The first-order valence-electron chi connectivity index (χ1n) is 8.09. The number of benzene rings is 1. The van der Waals surface area contributed by atoms with Gasteiger partial charge >= 0.3 is 17.8 Å². The summed E-state index contributed by atoms with van der Waals surface area (Å²) in [5, 5.41) is 13.2. The topological polar surface area (TPSA) is 86.3 Å². The van der Waals surface area contributed by atoms with E-state index in [1.165, 1.54) is 4.57 Å². The Morgan fingerprint density at radius 2 is 2.04 bits per heavy atom. The van der Waals surface area contributed by atoms with Gasteiger partial charge in [-0.05, 0) is 25.8 Å². The third-order valence-electron chi connectivity index (χ3n) is 4.05. The van der Waals surface area contributed by atoms with E-state index in [9.17, 15) is 27.2 Å². The Morgan fingerprint density at radius 3 is 2.56 bits per heavy atom. The van der Waals surface area contributed by atoms with Crippen molar-refractivity contribution in [1.29, 1.82) is 0 Å². The highest BCUT2D eigenvalue weighted by atomic mass is 19.4. The molecule has 1 aromatic carbocycles. The molecule has 0 amide bonds. The van der Waals surface area contributed by atoms with Gasteiger partial charge in [-0.3, -0.25) is 4.57 Å². The van der Waals surface area contributed by atoms with E-state index in [1.807, 2.05) is 0 Å². The molecule has 0 unspecified atom stereocenters. The summed E-state index contributed by atoms with van der Waals surface area (Å²) in [6.07, 6.45) is -3.06. The lowest BCUT2D eigenvalue weighted by Crippen LogP contribution is -2.25. The van der Waals surface area contributed by atoms with E-state index in [2.05, 4.69) is 9.84 Å². The molecule has 1 heterocycles. The van der Waals surface area contributed by atoms with Crippen LogP contribution in [0.1, 0.15) is 41.9 Å². The number of aromatic nitrogens is 3. The van der Waals surface area contributed by atoms with Gasteiger partial charge in [0.25, 0.3) is 0 Å². The van der Waals surface area contributed by atoms with Gasteiger partial charge in [0.05, 0.1) is 0 Å². The number of ether oxygens (including phenoxy) is 1. The zero-order valence-electron chi connectivity index (χ0n) is 14.1. The normalized spacial score (nSPS) is 14.4. The highest BCUT2D eigenvalue weighted by molar-refractivity contribution is 5.91. The summed E-state index contributed by atoms with van der Waals surface area (Å²) in [5.41, 5.74) is -1.93. The summed E-state index contributed by atoms with van der Waals surface area (Å²) in [5.74, 6) is -2.95. The molecule has 0 spiro atoms. The number of alkyl halides is 3. The Kier molecular flexibility index (Phi) is 4.70. The smallest absolute Gasteiger partial charge is 0.422 e. The van der Waals surface area contributed by atoms with E-state index < -0.39 is 47.3 Å². The van der Waals surface area contributed by atoms with Crippen LogP contribution in [0, 0.1) is 5.82 Å². The summed E-state index contributed by atoms with van der Waals surface area (Å²) >= 11 is 0. The zero-order chi connectivity index (χ0) is 19.9. The first kappa shape index (κ1) is 18.9. The van der Waals surface area contributed by atoms with Crippen LogP contribution in [0.3, 0.4) is 0 Å². The number of carboxylic acid groups (broad SMARTS) is 1. The standard InChI is InChI=1S/C16H15F4N3O4/c1-2-22-13(8-3-4-8)21-23(15(22)26)11-6-12(27-7-16(18,19)20)9(14(24)25)5-10(11)17/h5-6,8H,2-4,7H2,1H3,(H,24,25). The van der Waals surface area contributed by atoms with Crippen LogP contribution in [-0.4, -0.2) is 38.2 Å². The van der Waals surface area contributed by atoms with Crippen LogP contribution in [0.5, 0.6) is 5.75 Å². The lowest BCUT2D eigenvalue weighted by Gasteiger charge is -2.13. The molecule has 3 rings (SSSR count). The number of carboxylic acids is 1. The highest BCUT2D eigenvalue weighted by Gasteiger charge is 2.32. The molecule has 1 aliphatic carbocycles. The van der Waals surface area contributed by atoms with Gasteiger partial charge in [0.2, 0.25) is 0 Å². The number of halogens is 4. The molecule has 1 N–H and O–H groups in total. The van der Waals surface area contributed by atoms with Crippen LogP contribution >= 0.6 is 0 Å². The fraction of sp³-hybridized carbons (Fsp3) is 0.438. The van der Waals surface area contributed by atoms with Gasteiger partial charge in [-0.1, -0.05) is 0 Å². The number of hydrogen-bond donors (Lipinski definition) is 1. The second-order valence-electron chi connectivity index (χ2n) is 6.08. The molecular formula is C16H15F4N3O4. The maximum absolute atomic E-state index is 14.4. The molecule has 0 atom stereocenters. The van der Waals surface area contributed by atoms with Crippen molar-refractivity contribution in [3.8, 4) is 11.4 Å². The number of rotatable bonds is 6. The molecule has 0 aliphatic heterocycles. The Balaban J connectivity index is 2.11. The minimum Gasteiger partial charge on any atom is -0.483 e. The Bertz CT molecular complexity index is 944. The van der Waals surface area contributed by atoms with Crippen molar-refractivity contribution < 1.29 is 32.2 Å². The van der Waals surface area contributed by atoms with Gasteiger partial charge in [0, 0.05) is 18.5 Å². The van der Waals surface area contributed by atoms with Crippen molar-refractivity contribution >= 4 is 5.97 Å². The van der Waals surface area contributed by atoms with Crippen LogP contribution in [0.25, 0.3) is 5.69 Å². The summed E-state index contributed by atoms with van der Waals surface area (Å²) in [6.45, 7) is 0.238. The summed E-state index contributed by atoms with van der Waals surface area (Å²) in [6, 6.07) is 1.26. The molecule has 1 aromatic heterocycles. The van der Waals surface area contributed by atoms with Crippen LogP contribution in [0.2, 0.25) is 0 Å². The SMILES string of the molecule is CCn1c(C2CC2)nn(-c2cc(OCC(F)(F)F)c(C(=O)O)cc2F)c1=O. The van der Waals surface area contributed by atoms with E-state index in [1.54, 1.807) is 6.92 Å². The lowest BCUT2D eigenvalue weighted by molar-refractivity contribution is -0.153. The van der Waals surface area contributed by atoms with E-state index >= 15 is 0 Å². The zero-order valence-corrected chi connectivity index (χ0v) is 14.1. The Labute approximate surface area is 149 Å². The molecule has 1 saturated carbocycles. The molecule has 146 valence electrons. The molecule has 11 heteroatoms. The summed E-state index contributed by atoms with van der Waals surface area (Å²) in [4.78, 5) is 23.7. The van der Waals surface area contributed by atoms with Crippen LogP contribution < -0.4 is 10.4 Å². The molecule has 0 radical (unpaired) electrons. The van der Waals surface area contributed by atoms with Crippen molar-refractivity contribution in [2.24, 2.45) is 0 Å². The summed E-state index contributed by atoms with van der Waals surface area (Å²) in [7, 11) is 0. The molecule has 27 heavy (non-hydrogen) atoms. The summed E-state index contributed by atoms with van der Waals surface area (Å²) < 4.78 is 58.3. The van der Waals surface area contributed by atoms with Crippen LogP contribution in [0.4, 0.5) is 17.6 Å². The van der Waals surface area contributed by atoms with Crippen molar-refractivity contribution in [2.45, 2.75) is 38.4 Å². The molecule has 2 aromatic rings. The van der Waals surface area contributed by atoms with Gasteiger partial charge in [-0.25, -0.2) is 14.0 Å². The molecule has 0 saturated heterocycles. The highest BCUT2D eigenvalue weighted by Crippen LogP contribution is 2.38. The first-order chi connectivity index (χ1) is 12.6. The van der Waals surface area contributed by atoms with E-state index in [4.69, 9.17) is 5.11 Å². The van der Waals surface area contributed by atoms with Gasteiger partial charge in [0.15, 0.2) is 6.61 Å². The van der Waals surface area contributed by atoms with Gasteiger partial charge < -0.3 is 9.84 Å². The molecule has 7 nitrogen and oxygen atoms in total. The van der Waals surface area contributed by atoms with Crippen molar-refractivity contribution in [1.82, 2.24) is 14.3 Å². The van der Waals surface area contributed by atoms with Crippen molar-refractivity contribution in [3.63, 3.8) is 0 Å². The molecule has 1 fully saturated rings. The van der Waals surface area contributed by atoms with E-state index in [0.29, 0.717) is 11.9 Å². The maximum Gasteiger partial charge on any atom is 0.422 e. The Hall–Kier alpha value is -2.85. The van der Waals surface area contributed by atoms with Gasteiger partial charge in [0.1, 0.15) is 28.6 Å². The number of hydrogen-bond acceptors (Lipinski definition) is 4. The second-order valence-corrected chi connectivity index (χ2v) is 6.08. The third kappa shape index (κ3) is 3.81. The van der Waals surface area contributed by atoms with E-state index in [-0.39, 0.29) is 12.5 Å².